The molecule has 0 aromatic carbocycles. The standard InChI is InChI=1S/C22H22BrN3O2S/c1-12-18(21(28)26-17-7-6-13(23)11-24-17)20(16-5-4-8-29-16)19-14(25-12)9-22(2,3)10-15(19)27/h4-8,11,20,25H,9-10H2,1-3H3,(H,24,26,28)/t20-/m0/s1. The van der Waals surface area contributed by atoms with Crippen LogP contribution in [0.5, 0.6) is 0 Å². The van der Waals surface area contributed by atoms with Gasteiger partial charge in [-0.3, -0.25) is 9.59 Å². The first-order valence-corrected chi connectivity index (χ1v) is 11.1. The number of Topliss-reactive ketones (excluding diaryl/α,β-unsaturated/α-hetero) is 1. The van der Waals surface area contributed by atoms with E-state index in [9.17, 15) is 9.59 Å². The fraction of sp³-hybridized carbons (Fsp3) is 0.318. The Hall–Kier alpha value is -2.25. The van der Waals surface area contributed by atoms with Gasteiger partial charge in [0.25, 0.3) is 5.91 Å². The maximum Gasteiger partial charge on any atom is 0.255 e. The lowest BCUT2D eigenvalue weighted by atomic mass is 9.69. The molecule has 4 rings (SSSR count). The second kappa shape index (κ2) is 7.54. The van der Waals surface area contributed by atoms with E-state index < -0.39 is 0 Å². The van der Waals surface area contributed by atoms with Crippen LogP contribution in [0.25, 0.3) is 0 Å². The van der Waals surface area contributed by atoms with Crippen LogP contribution < -0.4 is 10.6 Å². The zero-order valence-electron chi connectivity index (χ0n) is 16.5. The molecule has 7 heteroatoms. The number of amides is 1. The molecule has 0 fully saturated rings. The van der Waals surface area contributed by atoms with E-state index >= 15 is 0 Å². The van der Waals surface area contributed by atoms with E-state index in [0.717, 1.165) is 32.7 Å². The second-order valence-electron chi connectivity index (χ2n) is 8.26. The molecule has 1 aliphatic heterocycles. The molecule has 29 heavy (non-hydrogen) atoms. The van der Waals surface area contributed by atoms with E-state index in [4.69, 9.17) is 0 Å². The number of carbonyl (C=O) groups excluding carboxylic acids is 2. The summed E-state index contributed by atoms with van der Waals surface area (Å²) < 4.78 is 0.840. The van der Waals surface area contributed by atoms with E-state index in [-0.39, 0.29) is 23.0 Å². The van der Waals surface area contributed by atoms with Crippen molar-refractivity contribution in [2.24, 2.45) is 5.41 Å². The van der Waals surface area contributed by atoms with Crippen molar-refractivity contribution in [3.05, 3.63) is 67.7 Å². The first kappa shape index (κ1) is 20.0. The van der Waals surface area contributed by atoms with Gasteiger partial charge in [0.15, 0.2) is 5.78 Å². The highest BCUT2D eigenvalue weighted by molar-refractivity contribution is 9.10. The number of aromatic nitrogens is 1. The molecule has 150 valence electrons. The quantitative estimate of drug-likeness (QED) is 0.649. The van der Waals surface area contributed by atoms with Gasteiger partial charge in [-0.2, -0.15) is 0 Å². The van der Waals surface area contributed by atoms with Crippen molar-refractivity contribution < 1.29 is 9.59 Å². The summed E-state index contributed by atoms with van der Waals surface area (Å²) in [7, 11) is 0. The fourth-order valence-corrected chi connectivity index (χ4v) is 5.19. The Balaban J connectivity index is 1.75. The monoisotopic (exact) mass is 471 g/mol. The number of thiophene rings is 1. The third kappa shape index (κ3) is 3.94. The highest BCUT2D eigenvalue weighted by atomic mass is 79.9. The molecule has 5 nitrogen and oxygen atoms in total. The summed E-state index contributed by atoms with van der Waals surface area (Å²) in [6.07, 6.45) is 2.91. The smallest absolute Gasteiger partial charge is 0.255 e. The summed E-state index contributed by atoms with van der Waals surface area (Å²) in [6.45, 7) is 6.12. The van der Waals surface area contributed by atoms with E-state index in [1.807, 2.05) is 30.5 Å². The predicted octanol–water partition coefficient (Wildman–Crippen LogP) is 5.15. The number of nitrogens with zero attached hydrogens (tertiary/aromatic N) is 1. The molecule has 2 aromatic rings. The van der Waals surface area contributed by atoms with Gasteiger partial charge in [0.1, 0.15) is 5.82 Å². The minimum absolute atomic E-state index is 0.0930. The summed E-state index contributed by atoms with van der Waals surface area (Å²) in [5, 5.41) is 8.25. The highest BCUT2D eigenvalue weighted by Crippen LogP contribution is 2.47. The maximum absolute atomic E-state index is 13.3. The number of nitrogens with one attached hydrogen (secondary N) is 2. The Labute approximate surface area is 182 Å². The lowest BCUT2D eigenvalue weighted by molar-refractivity contribution is -0.118. The molecule has 0 saturated heterocycles. The van der Waals surface area contributed by atoms with Gasteiger partial charge >= 0.3 is 0 Å². The van der Waals surface area contributed by atoms with Gasteiger partial charge in [-0.05, 0) is 58.3 Å². The average molecular weight is 472 g/mol. The van der Waals surface area contributed by atoms with Crippen LogP contribution in [0, 0.1) is 5.41 Å². The first-order chi connectivity index (χ1) is 13.7. The van der Waals surface area contributed by atoms with Crippen molar-refractivity contribution in [3.8, 4) is 0 Å². The van der Waals surface area contributed by atoms with Crippen LogP contribution >= 0.6 is 27.3 Å². The van der Waals surface area contributed by atoms with E-state index in [0.29, 0.717) is 17.8 Å². The van der Waals surface area contributed by atoms with Gasteiger partial charge in [0.05, 0.1) is 5.92 Å². The zero-order chi connectivity index (χ0) is 20.8. The summed E-state index contributed by atoms with van der Waals surface area (Å²) >= 11 is 4.92. The number of allylic oxidation sites excluding steroid dienone is 3. The molecule has 0 bridgehead atoms. The lowest BCUT2D eigenvalue weighted by Gasteiger charge is -2.39. The molecule has 1 amide bonds. The number of rotatable bonds is 3. The summed E-state index contributed by atoms with van der Waals surface area (Å²) in [4.78, 5) is 31.7. The number of halogens is 1. The number of carbonyl (C=O) groups is 2. The molecule has 2 aromatic heterocycles. The molecule has 3 heterocycles. The van der Waals surface area contributed by atoms with Crippen LogP contribution in [0.1, 0.15) is 44.4 Å². The number of anilines is 1. The van der Waals surface area contributed by atoms with Gasteiger partial charge < -0.3 is 10.6 Å². The number of hydrogen-bond donors (Lipinski definition) is 2. The Morgan fingerprint density at radius 3 is 2.76 bits per heavy atom. The van der Waals surface area contributed by atoms with Crippen molar-refractivity contribution >= 4 is 44.8 Å². The lowest BCUT2D eigenvalue weighted by Crippen LogP contribution is -2.39. The first-order valence-electron chi connectivity index (χ1n) is 9.45. The Morgan fingerprint density at radius 1 is 1.31 bits per heavy atom. The summed E-state index contributed by atoms with van der Waals surface area (Å²) in [5.74, 6) is -0.0151. The third-order valence-corrected chi connectivity index (χ3v) is 6.69. The van der Waals surface area contributed by atoms with Crippen molar-refractivity contribution in [2.45, 2.75) is 39.5 Å². The molecule has 0 saturated carbocycles. The molecule has 2 N–H and O–H groups in total. The summed E-state index contributed by atoms with van der Waals surface area (Å²) in [6, 6.07) is 7.53. The minimum Gasteiger partial charge on any atom is -0.362 e. The van der Waals surface area contributed by atoms with E-state index in [1.165, 1.54) is 0 Å². The van der Waals surface area contributed by atoms with Crippen LogP contribution in [0.4, 0.5) is 5.82 Å². The predicted molar refractivity (Wildman–Crippen MR) is 119 cm³/mol. The summed E-state index contributed by atoms with van der Waals surface area (Å²) in [5.41, 5.74) is 2.93. The number of pyridine rings is 1. The number of dihydropyridines is 1. The SMILES string of the molecule is CC1=C(C(=O)Nc2ccc(Br)cn2)[C@H](c2cccs2)C2=C(CC(C)(C)CC2=O)N1. The topological polar surface area (TPSA) is 71.1 Å². The molecular formula is C22H22BrN3O2S. The van der Waals surface area contributed by atoms with Crippen molar-refractivity contribution in [1.82, 2.24) is 10.3 Å². The molecule has 0 radical (unpaired) electrons. The van der Waals surface area contributed by atoms with Crippen LogP contribution in [0.15, 0.2) is 62.9 Å². The van der Waals surface area contributed by atoms with Gasteiger partial charge in [-0.1, -0.05) is 19.9 Å². The van der Waals surface area contributed by atoms with E-state index in [1.54, 1.807) is 23.6 Å². The van der Waals surface area contributed by atoms with Gasteiger partial charge in [-0.25, -0.2) is 4.98 Å². The van der Waals surface area contributed by atoms with Gasteiger partial charge in [-0.15, -0.1) is 11.3 Å². The zero-order valence-corrected chi connectivity index (χ0v) is 18.9. The highest BCUT2D eigenvalue weighted by Gasteiger charge is 2.43. The van der Waals surface area contributed by atoms with Gasteiger partial charge in [0.2, 0.25) is 0 Å². The van der Waals surface area contributed by atoms with Crippen LogP contribution in [0.2, 0.25) is 0 Å². The molecule has 0 spiro atoms. The van der Waals surface area contributed by atoms with Crippen LogP contribution in [-0.4, -0.2) is 16.7 Å². The normalized spacial score (nSPS) is 21.0. The molecular weight excluding hydrogens is 450 g/mol. The van der Waals surface area contributed by atoms with Crippen molar-refractivity contribution in [1.29, 1.82) is 0 Å². The number of hydrogen-bond acceptors (Lipinski definition) is 5. The van der Waals surface area contributed by atoms with Crippen molar-refractivity contribution in [2.75, 3.05) is 5.32 Å². The number of ketones is 1. The molecule has 2 aliphatic rings. The molecule has 1 aliphatic carbocycles. The third-order valence-electron chi connectivity index (χ3n) is 5.28. The van der Waals surface area contributed by atoms with Gasteiger partial charge in [0, 0.05) is 44.5 Å². The largest absolute Gasteiger partial charge is 0.362 e. The fourth-order valence-electron chi connectivity index (χ4n) is 4.11. The van der Waals surface area contributed by atoms with Crippen LogP contribution in [-0.2, 0) is 9.59 Å². The second-order valence-corrected chi connectivity index (χ2v) is 10.2. The van der Waals surface area contributed by atoms with E-state index in [2.05, 4.69) is 45.4 Å². The Bertz CT molecular complexity index is 1040. The Kier molecular flexibility index (Phi) is 5.21. The Morgan fingerprint density at radius 2 is 2.10 bits per heavy atom. The maximum atomic E-state index is 13.3. The van der Waals surface area contributed by atoms with Crippen molar-refractivity contribution in [3.63, 3.8) is 0 Å². The molecule has 1 atom stereocenters. The molecule has 0 unspecified atom stereocenters. The van der Waals surface area contributed by atoms with Crippen LogP contribution in [0.3, 0.4) is 0 Å². The minimum atomic E-state index is -0.356. The average Bonchev–Trinajstić information content (AvgIpc) is 3.15.